The standard InChI is InChI=1S/C52H24N6O4/c1-4-10-35-28(7-1)41-40-26-15-17-53-22-32(26)51-55-19-20-57(51)46(40)48-44(47(41)59-35)31-21-25(13-14-38(31)60-48)34-24-58-45-39(27-16-18-54-23-33(27)52(58)56-34)42-29-8-2-5-11-36(29)61-49(42)50-43(45)30-9-3-6-12-37(30)62-50/h1-24H. The quantitative estimate of drug-likeness (QED) is 0.151. The second-order valence-electron chi connectivity index (χ2n) is 16.2. The minimum atomic E-state index is 0.708. The van der Waals surface area contributed by atoms with Crippen LogP contribution < -0.4 is 0 Å². The molecule has 0 radical (unpaired) electrons. The van der Waals surface area contributed by atoms with Gasteiger partial charge in [0.1, 0.15) is 39.2 Å². The molecule has 0 bridgehead atoms. The number of para-hydroxylation sites is 3. The van der Waals surface area contributed by atoms with Gasteiger partial charge >= 0.3 is 0 Å². The molecule has 6 aromatic carbocycles. The number of aromatic nitrogens is 6. The van der Waals surface area contributed by atoms with Crippen molar-refractivity contribution < 1.29 is 17.7 Å². The van der Waals surface area contributed by atoms with Gasteiger partial charge in [-0.2, -0.15) is 0 Å². The number of hydrogen-bond donors (Lipinski definition) is 0. The minimum absolute atomic E-state index is 0.708. The van der Waals surface area contributed by atoms with E-state index in [0.29, 0.717) is 5.58 Å². The molecule has 10 heteroatoms. The fourth-order valence-electron chi connectivity index (χ4n) is 10.6. The Morgan fingerprint density at radius 3 is 1.71 bits per heavy atom. The highest BCUT2D eigenvalue weighted by molar-refractivity contribution is 6.39. The van der Waals surface area contributed by atoms with E-state index in [2.05, 4.69) is 85.6 Å². The summed E-state index contributed by atoms with van der Waals surface area (Å²) in [6.45, 7) is 0. The van der Waals surface area contributed by atoms with Crippen molar-refractivity contribution in [2.45, 2.75) is 0 Å². The normalized spacial score (nSPS) is 12.8. The van der Waals surface area contributed by atoms with E-state index in [1.54, 1.807) is 0 Å². The summed E-state index contributed by atoms with van der Waals surface area (Å²) in [5.41, 5.74) is 11.3. The average Bonchev–Trinajstić information content (AvgIpc) is 4.18. The van der Waals surface area contributed by atoms with E-state index < -0.39 is 0 Å². The summed E-state index contributed by atoms with van der Waals surface area (Å²) in [6.07, 6.45) is 13.5. The molecular weight excluding hydrogens is 773 g/mol. The summed E-state index contributed by atoms with van der Waals surface area (Å²) in [5, 5.41) is 13.9. The van der Waals surface area contributed by atoms with Crippen molar-refractivity contribution in [1.29, 1.82) is 0 Å². The first-order chi connectivity index (χ1) is 30.8. The monoisotopic (exact) mass is 796 g/mol. The minimum Gasteiger partial charge on any atom is -0.455 e. The van der Waals surface area contributed by atoms with Crippen LogP contribution in [0.15, 0.2) is 164 Å². The fraction of sp³-hybridized carbons (Fsp3) is 0. The third-order valence-electron chi connectivity index (χ3n) is 13.1. The first-order valence-electron chi connectivity index (χ1n) is 20.4. The number of pyridine rings is 4. The molecule has 0 atom stereocenters. The molecule has 0 aliphatic rings. The van der Waals surface area contributed by atoms with Crippen molar-refractivity contribution in [3.05, 3.63) is 147 Å². The molecule has 10 nitrogen and oxygen atoms in total. The van der Waals surface area contributed by atoms with Crippen molar-refractivity contribution in [2.75, 3.05) is 0 Å². The molecular formula is C52H24N6O4. The summed E-state index contributed by atoms with van der Waals surface area (Å²) in [4.78, 5) is 19.4. The molecule has 0 N–H and O–H groups in total. The fourth-order valence-corrected chi connectivity index (χ4v) is 10.6. The van der Waals surface area contributed by atoms with E-state index in [9.17, 15) is 0 Å². The highest BCUT2D eigenvalue weighted by atomic mass is 16.4. The summed E-state index contributed by atoms with van der Waals surface area (Å²) >= 11 is 0. The lowest BCUT2D eigenvalue weighted by molar-refractivity contribution is 0.633. The van der Waals surface area contributed by atoms with Crippen LogP contribution in [0.1, 0.15) is 0 Å². The van der Waals surface area contributed by atoms with Crippen LogP contribution in [0.25, 0.3) is 154 Å². The highest BCUT2D eigenvalue weighted by Gasteiger charge is 2.28. The molecule has 0 amide bonds. The van der Waals surface area contributed by atoms with Crippen LogP contribution in [0.3, 0.4) is 0 Å². The largest absolute Gasteiger partial charge is 0.455 e. The smallest absolute Gasteiger partial charge is 0.180 e. The van der Waals surface area contributed by atoms with Gasteiger partial charge in [0.05, 0.1) is 27.5 Å². The Kier molecular flexibility index (Phi) is 5.38. The van der Waals surface area contributed by atoms with Gasteiger partial charge in [0.25, 0.3) is 0 Å². The maximum absolute atomic E-state index is 6.93. The number of nitrogens with zero attached hydrogens (tertiary/aromatic N) is 6. The predicted molar refractivity (Wildman–Crippen MR) is 244 cm³/mol. The zero-order valence-electron chi connectivity index (χ0n) is 32.2. The van der Waals surface area contributed by atoms with E-state index in [-0.39, 0.29) is 0 Å². The average molecular weight is 797 g/mol. The first-order valence-corrected chi connectivity index (χ1v) is 20.4. The lowest BCUT2D eigenvalue weighted by Crippen LogP contribution is -1.93. The summed E-state index contributed by atoms with van der Waals surface area (Å²) in [7, 11) is 0. The van der Waals surface area contributed by atoms with E-state index in [0.717, 1.165) is 148 Å². The van der Waals surface area contributed by atoms with Crippen molar-refractivity contribution in [2.24, 2.45) is 0 Å². The van der Waals surface area contributed by atoms with Gasteiger partial charge in [-0.05, 0) is 59.3 Å². The van der Waals surface area contributed by atoms with Crippen molar-refractivity contribution in [1.82, 2.24) is 28.7 Å². The Balaban J connectivity index is 1.06. The van der Waals surface area contributed by atoms with Gasteiger partial charge in [-0.15, -0.1) is 0 Å². The SMILES string of the molecule is c1ccc2c(c1)oc1c3c4cc(-c5cn6c(n5)c5cnccc5c5c7c8ccccc8oc7c7oc8ccccc8c7c56)ccc4oc3c3c(c4ccncc4c4nccn43)c21. The Morgan fingerprint density at radius 2 is 0.984 bits per heavy atom. The van der Waals surface area contributed by atoms with Gasteiger partial charge in [0, 0.05) is 103 Å². The van der Waals surface area contributed by atoms with Gasteiger partial charge in [0.2, 0.25) is 0 Å². The predicted octanol–water partition coefficient (Wildman–Crippen LogP) is 13.6. The molecule has 10 heterocycles. The number of benzene rings is 6. The van der Waals surface area contributed by atoms with Crippen LogP contribution in [0.2, 0.25) is 0 Å². The molecule has 0 unspecified atom stereocenters. The Hall–Kier alpha value is -8.76. The molecule has 286 valence electrons. The molecule has 0 spiro atoms. The summed E-state index contributed by atoms with van der Waals surface area (Å²) < 4.78 is 31.5. The molecule has 10 aromatic heterocycles. The Labute approximate surface area is 345 Å². The van der Waals surface area contributed by atoms with E-state index >= 15 is 0 Å². The topological polar surface area (TPSA) is 113 Å². The first kappa shape index (κ1) is 31.2. The zero-order chi connectivity index (χ0) is 39.9. The van der Waals surface area contributed by atoms with E-state index in [4.69, 9.17) is 27.6 Å². The van der Waals surface area contributed by atoms with Crippen LogP contribution >= 0.6 is 0 Å². The summed E-state index contributed by atoms with van der Waals surface area (Å²) in [5.74, 6) is 0. The second-order valence-corrected chi connectivity index (χ2v) is 16.2. The summed E-state index contributed by atoms with van der Waals surface area (Å²) in [6, 6.07) is 35.1. The molecule has 0 saturated carbocycles. The number of rotatable bonds is 1. The van der Waals surface area contributed by atoms with E-state index in [1.807, 2.05) is 79.6 Å². The Morgan fingerprint density at radius 1 is 0.403 bits per heavy atom. The van der Waals surface area contributed by atoms with E-state index in [1.165, 1.54) is 0 Å². The third kappa shape index (κ3) is 3.61. The molecule has 0 aliphatic heterocycles. The van der Waals surface area contributed by atoms with Crippen molar-refractivity contribution in [3.8, 4) is 11.3 Å². The van der Waals surface area contributed by atoms with Gasteiger partial charge in [-0.1, -0.05) is 54.6 Å². The van der Waals surface area contributed by atoms with Crippen molar-refractivity contribution in [3.63, 3.8) is 0 Å². The zero-order valence-corrected chi connectivity index (χ0v) is 32.2. The maximum Gasteiger partial charge on any atom is 0.180 e. The second kappa shape index (κ2) is 10.7. The van der Waals surface area contributed by atoms with Gasteiger partial charge in [0.15, 0.2) is 16.7 Å². The molecule has 0 aliphatic carbocycles. The lowest BCUT2D eigenvalue weighted by Gasteiger charge is -2.10. The molecule has 16 aromatic rings. The third-order valence-corrected chi connectivity index (χ3v) is 13.1. The number of fused-ring (bicyclic) bond motifs is 30. The van der Waals surface area contributed by atoms with Crippen LogP contribution in [0.4, 0.5) is 0 Å². The van der Waals surface area contributed by atoms with Crippen LogP contribution in [-0.4, -0.2) is 28.7 Å². The molecule has 0 fully saturated rings. The van der Waals surface area contributed by atoms with Gasteiger partial charge < -0.3 is 17.7 Å². The number of hydrogen-bond acceptors (Lipinski definition) is 8. The van der Waals surface area contributed by atoms with Crippen LogP contribution in [0, 0.1) is 0 Å². The van der Waals surface area contributed by atoms with Crippen LogP contribution in [-0.2, 0) is 0 Å². The maximum atomic E-state index is 6.93. The highest BCUT2D eigenvalue weighted by Crippen LogP contribution is 2.50. The molecule has 0 saturated heterocycles. The van der Waals surface area contributed by atoms with Crippen LogP contribution in [0.5, 0.6) is 0 Å². The molecule has 62 heavy (non-hydrogen) atoms. The van der Waals surface area contributed by atoms with Gasteiger partial charge in [-0.25, -0.2) is 9.97 Å². The lowest BCUT2D eigenvalue weighted by atomic mass is 9.98. The van der Waals surface area contributed by atoms with Crippen molar-refractivity contribution >= 4 is 142 Å². The Bertz CT molecular complexity index is 4710. The number of imidazole rings is 2. The van der Waals surface area contributed by atoms with Gasteiger partial charge in [-0.3, -0.25) is 18.8 Å². The molecule has 16 rings (SSSR count). The number of furan rings is 4.